The summed E-state index contributed by atoms with van der Waals surface area (Å²) in [6.07, 6.45) is 1.12. The van der Waals surface area contributed by atoms with Crippen molar-refractivity contribution in [2.75, 3.05) is 19.4 Å². The molecule has 0 radical (unpaired) electrons. The topological polar surface area (TPSA) is 86.5 Å². The van der Waals surface area contributed by atoms with Crippen LogP contribution in [0.25, 0.3) is 0 Å². The van der Waals surface area contributed by atoms with Gasteiger partial charge >= 0.3 is 5.97 Å². The number of carbonyl (C=O) groups excluding carboxylic acids is 1. The predicted octanol–water partition coefficient (Wildman–Crippen LogP) is 1.36. The van der Waals surface area contributed by atoms with Crippen molar-refractivity contribution >= 4 is 27.4 Å². The number of sulfone groups is 1. The van der Waals surface area contributed by atoms with E-state index < -0.39 is 32.4 Å². The molecule has 1 saturated carbocycles. The Labute approximate surface area is 129 Å². The molecule has 0 heterocycles. The Morgan fingerprint density at radius 2 is 2.14 bits per heavy atom. The normalized spacial score (nSPS) is 28.2. The SMILES string of the molecule is CCOC(=O)[C@@]1(CN)[C@H](S(C)(=O)=O)[C@@H]1c1cccc(Cl)c1. The summed E-state index contributed by atoms with van der Waals surface area (Å²) in [5.74, 6) is -1.08. The molecular formula is C14H18ClNO4S. The van der Waals surface area contributed by atoms with Crippen LogP contribution in [0.1, 0.15) is 18.4 Å². The molecule has 0 unspecified atom stereocenters. The molecule has 21 heavy (non-hydrogen) atoms. The highest BCUT2D eigenvalue weighted by Gasteiger charge is 2.74. The lowest BCUT2D eigenvalue weighted by Crippen LogP contribution is -2.33. The number of esters is 1. The van der Waals surface area contributed by atoms with E-state index in [-0.39, 0.29) is 13.2 Å². The summed E-state index contributed by atoms with van der Waals surface area (Å²) in [6.45, 7) is 1.77. The van der Waals surface area contributed by atoms with Crippen molar-refractivity contribution in [3.05, 3.63) is 34.9 Å². The maximum absolute atomic E-state index is 12.3. The van der Waals surface area contributed by atoms with Gasteiger partial charge in [-0.15, -0.1) is 0 Å². The molecule has 2 N–H and O–H groups in total. The largest absolute Gasteiger partial charge is 0.465 e. The average Bonchev–Trinajstić information content (AvgIpc) is 3.09. The quantitative estimate of drug-likeness (QED) is 0.823. The molecule has 1 aliphatic rings. The summed E-state index contributed by atoms with van der Waals surface area (Å²) < 4.78 is 29.1. The molecule has 1 aromatic carbocycles. The van der Waals surface area contributed by atoms with E-state index in [1.165, 1.54) is 0 Å². The number of halogens is 1. The van der Waals surface area contributed by atoms with Gasteiger partial charge in [-0.3, -0.25) is 4.79 Å². The minimum atomic E-state index is -3.45. The molecule has 7 heteroatoms. The molecule has 5 nitrogen and oxygen atoms in total. The fraction of sp³-hybridized carbons (Fsp3) is 0.500. The molecule has 0 bridgehead atoms. The fourth-order valence-corrected chi connectivity index (χ4v) is 5.16. The van der Waals surface area contributed by atoms with Crippen molar-refractivity contribution in [3.8, 4) is 0 Å². The van der Waals surface area contributed by atoms with E-state index in [1.807, 2.05) is 0 Å². The molecule has 0 amide bonds. The van der Waals surface area contributed by atoms with Gasteiger partial charge in [0.25, 0.3) is 0 Å². The molecule has 1 fully saturated rings. The Morgan fingerprint density at radius 3 is 2.62 bits per heavy atom. The summed E-state index contributed by atoms with van der Waals surface area (Å²) in [7, 11) is -3.45. The number of nitrogens with two attached hydrogens (primary N) is 1. The standard InChI is InChI=1S/C14H18ClNO4S/c1-3-20-13(17)14(8-16)11(12(14)21(2,18)19)9-5-4-6-10(15)7-9/h4-7,11-12H,3,8,16H2,1-2H3/t11-,12+,14+/m0/s1. The molecule has 1 aromatic rings. The van der Waals surface area contributed by atoms with E-state index >= 15 is 0 Å². The summed E-state index contributed by atoms with van der Waals surface area (Å²) in [6, 6.07) is 6.84. The molecule has 0 saturated heterocycles. The molecule has 0 aromatic heterocycles. The van der Waals surface area contributed by atoms with Gasteiger partial charge in [0.1, 0.15) is 5.41 Å². The van der Waals surface area contributed by atoms with E-state index in [0.29, 0.717) is 10.6 Å². The third-order valence-corrected chi connectivity index (χ3v) is 5.77. The minimum Gasteiger partial charge on any atom is -0.465 e. The lowest BCUT2D eigenvalue weighted by molar-refractivity contribution is -0.149. The van der Waals surface area contributed by atoms with Crippen LogP contribution in [0.4, 0.5) is 0 Å². The zero-order valence-electron chi connectivity index (χ0n) is 11.9. The molecule has 0 aliphatic heterocycles. The van der Waals surface area contributed by atoms with Gasteiger partial charge < -0.3 is 10.5 Å². The number of hydrogen-bond donors (Lipinski definition) is 1. The van der Waals surface area contributed by atoms with Gasteiger partial charge in [-0.05, 0) is 24.6 Å². The van der Waals surface area contributed by atoms with Crippen molar-refractivity contribution in [2.24, 2.45) is 11.1 Å². The van der Waals surface area contributed by atoms with Gasteiger partial charge in [0.2, 0.25) is 0 Å². The van der Waals surface area contributed by atoms with E-state index in [2.05, 4.69) is 0 Å². The Bertz CT molecular complexity index is 661. The van der Waals surface area contributed by atoms with Crippen molar-refractivity contribution in [2.45, 2.75) is 18.1 Å². The van der Waals surface area contributed by atoms with Crippen LogP contribution in [0.5, 0.6) is 0 Å². The molecular weight excluding hydrogens is 314 g/mol. The van der Waals surface area contributed by atoms with Gasteiger partial charge in [0.05, 0.1) is 11.9 Å². The first kappa shape index (κ1) is 16.3. The van der Waals surface area contributed by atoms with Crippen molar-refractivity contribution in [1.82, 2.24) is 0 Å². The highest BCUT2D eigenvalue weighted by atomic mass is 35.5. The van der Waals surface area contributed by atoms with Crippen LogP contribution in [0.15, 0.2) is 24.3 Å². The van der Waals surface area contributed by atoms with Gasteiger partial charge in [-0.2, -0.15) is 0 Å². The monoisotopic (exact) mass is 331 g/mol. The lowest BCUT2D eigenvalue weighted by Gasteiger charge is -2.14. The number of carbonyl (C=O) groups is 1. The van der Waals surface area contributed by atoms with Gasteiger partial charge in [0, 0.05) is 23.7 Å². The smallest absolute Gasteiger partial charge is 0.315 e. The van der Waals surface area contributed by atoms with Crippen LogP contribution >= 0.6 is 11.6 Å². The van der Waals surface area contributed by atoms with Gasteiger partial charge in [0.15, 0.2) is 9.84 Å². The van der Waals surface area contributed by atoms with E-state index in [0.717, 1.165) is 6.26 Å². The van der Waals surface area contributed by atoms with E-state index in [4.69, 9.17) is 22.1 Å². The summed E-state index contributed by atoms with van der Waals surface area (Å²) in [4.78, 5) is 12.3. The first-order valence-electron chi connectivity index (χ1n) is 6.60. The Kier molecular flexibility index (Phi) is 4.33. The second-order valence-corrected chi connectivity index (χ2v) is 7.85. The maximum atomic E-state index is 12.3. The van der Waals surface area contributed by atoms with Gasteiger partial charge in [-0.25, -0.2) is 8.42 Å². The van der Waals surface area contributed by atoms with Crippen molar-refractivity contribution < 1.29 is 17.9 Å². The molecule has 2 rings (SSSR count). The Balaban J connectivity index is 2.50. The zero-order valence-corrected chi connectivity index (χ0v) is 13.4. The molecule has 1 aliphatic carbocycles. The van der Waals surface area contributed by atoms with Crippen LogP contribution in [-0.4, -0.2) is 39.0 Å². The fourth-order valence-electron chi connectivity index (χ4n) is 3.04. The Morgan fingerprint density at radius 1 is 1.48 bits per heavy atom. The number of hydrogen-bond acceptors (Lipinski definition) is 5. The molecule has 3 atom stereocenters. The third kappa shape index (κ3) is 2.67. The zero-order chi connectivity index (χ0) is 15.8. The summed E-state index contributed by atoms with van der Waals surface area (Å²) >= 11 is 5.96. The number of rotatable bonds is 5. The number of ether oxygens (including phenoxy) is 1. The first-order valence-corrected chi connectivity index (χ1v) is 8.94. The van der Waals surface area contributed by atoms with Crippen LogP contribution < -0.4 is 5.73 Å². The van der Waals surface area contributed by atoms with Crippen LogP contribution in [0.3, 0.4) is 0 Å². The third-order valence-electron chi connectivity index (χ3n) is 3.92. The molecule has 116 valence electrons. The second-order valence-electron chi connectivity index (χ2n) is 5.25. The van der Waals surface area contributed by atoms with Crippen LogP contribution in [0.2, 0.25) is 5.02 Å². The van der Waals surface area contributed by atoms with Crippen molar-refractivity contribution in [1.29, 1.82) is 0 Å². The highest BCUT2D eigenvalue weighted by molar-refractivity contribution is 7.91. The van der Waals surface area contributed by atoms with E-state index in [1.54, 1.807) is 31.2 Å². The number of benzene rings is 1. The summed E-state index contributed by atoms with van der Waals surface area (Å²) in [5, 5.41) is -0.381. The second kappa shape index (κ2) is 5.59. The summed E-state index contributed by atoms with van der Waals surface area (Å²) in [5.41, 5.74) is 5.23. The average molecular weight is 332 g/mol. The minimum absolute atomic E-state index is 0.0826. The maximum Gasteiger partial charge on any atom is 0.315 e. The predicted molar refractivity (Wildman–Crippen MR) is 80.9 cm³/mol. The molecule has 0 spiro atoms. The lowest BCUT2D eigenvalue weighted by atomic mass is 9.99. The Hall–Kier alpha value is -1.11. The van der Waals surface area contributed by atoms with E-state index in [9.17, 15) is 13.2 Å². The van der Waals surface area contributed by atoms with Gasteiger partial charge in [-0.1, -0.05) is 23.7 Å². The van der Waals surface area contributed by atoms with Crippen molar-refractivity contribution in [3.63, 3.8) is 0 Å². The first-order chi connectivity index (χ1) is 9.79. The van der Waals surface area contributed by atoms with Crippen LogP contribution in [-0.2, 0) is 19.4 Å². The van der Waals surface area contributed by atoms with Crippen LogP contribution in [0, 0.1) is 5.41 Å². The highest BCUT2D eigenvalue weighted by Crippen LogP contribution is 2.63.